The highest BCUT2D eigenvalue weighted by Gasteiger charge is 2.33. The van der Waals surface area contributed by atoms with Crippen LogP contribution in [-0.4, -0.2) is 21.8 Å². The predicted molar refractivity (Wildman–Crippen MR) is 117 cm³/mol. The summed E-state index contributed by atoms with van der Waals surface area (Å²) >= 11 is 9.17. The second-order valence-corrected chi connectivity index (χ2v) is 7.92. The molecule has 0 atom stereocenters. The fraction of sp³-hybridized carbons (Fsp3) is 0.0476. The molecule has 4 rings (SSSR count). The molecule has 0 radical (unpaired) electrons. The minimum Gasteiger partial charge on any atom is -0.457 e. The van der Waals surface area contributed by atoms with Crippen LogP contribution in [0.15, 0.2) is 69.2 Å². The van der Waals surface area contributed by atoms with Crippen LogP contribution >= 0.6 is 27.5 Å². The molecule has 3 aromatic rings. The van der Waals surface area contributed by atoms with Crippen molar-refractivity contribution in [3.05, 3.63) is 91.2 Å². The number of non-ortho nitro benzene ring substituents is 1. The van der Waals surface area contributed by atoms with Crippen molar-refractivity contribution in [2.75, 3.05) is 0 Å². The fourth-order valence-corrected chi connectivity index (χ4v) is 3.71. The van der Waals surface area contributed by atoms with Crippen LogP contribution < -0.4 is 5.32 Å². The number of nitro benzene ring substituents is 1. The number of nitrogens with one attached hydrogen (secondary N) is 1. The molecule has 1 N–H and O–H groups in total. The van der Waals surface area contributed by atoms with Crippen molar-refractivity contribution in [3.8, 4) is 11.3 Å². The number of halogens is 2. The van der Waals surface area contributed by atoms with Gasteiger partial charge in [-0.15, -0.1) is 0 Å². The zero-order valence-electron chi connectivity index (χ0n) is 15.7. The third-order valence-corrected chi connectivity index (χ3v) is 5.47. The van der Waals surface area contributed by atoms with Crippen molar-refractivity contribution in [1.29, 1.82) is 0 Å². The number of carbonyl (C=O) groups is 2. The van der Waals surface area contributed by atoms with Crippen LogP contribution in [0.25, 0.3) is 17.4 Å². The highest BCUT2D eigenvalue weighted by atomic mass is 79.9. The standard InChI is InChI=1S/C21H13BrClN3O5/c22-17-9-14(26(29)30)5-7-16(17)19-8-6-15(31-19)10-18-20(27)25(21(28)24-18)11-12-1-3-13(23)4-2-12/h1-10H,11H2,(H,24,28)/b18-10+. The highest BCUT2D eigenvalue weighted by Crippen LogP contribution is 2.33. The molecular formula is C21H13BrClN3O5. The number of hydrogen-bond donors (Lipinski definition) is 1. The van der Waals surface area contributed by atoms with Gasteiger partial charge in [0.2, 0.25) is 0 Å². The summed E-state index contributed by atoms with van der Waals surface area (Å²) in [5, 5.41) is 14.0. The lowest BCUT2D eigenvalue weighted by Crippen LogP contribution is -2.30. The molecule has 0 unspecified atom stereocenters. The van der Waals surface area contributed by atoms with Gasteiger partial charge in [-0.2, -0.15) is 0 Å². The van der Waals surface area contributed by atoms with Crippen molar-refractivity contribution >= 4 is 51.2 Å². The highest BCUT2D eigenvalue weighted by molar-refractivity contribution is 9.10. The SMILES string of the molecule is O=C1N/C(=C/c2ccc(-c3ccc([N+](=O)[O-])cc3Br)o2)C(=O)N1Cc1ccc(Cl)cc1. The number of hydrogen-bond acceptors (Lipinski definition) is 5. The van der Waals surface area contributed by atoms with Gasteiger partial charge in [0.1, 0.15) is 17.2 Å². The lowest BCUT2D eigenvalue weighted by atomic mass is 10.1. The first-order valence-electron chi connectivity index (χ1n) is 8.95. The Bertz CT molecular complexity index is 1240. The van der Waals surface area contributed by atoms with E-state index in [9.17, 15) is 19.7 Å². The summed E-state index contributed by atoms with van der Waals surface area (Å²) in [4.78, 5) is 36.4. The third-order valence-electron chi connectivity index (χ3n) is 4.56. The lowest BCUT2D eigenvalue weighted by Gasteiger charge is -2.11. The van der Waals surface area contributed by atoms with Gasteiger partial charge < -0.3 is 9.73 Å². The number of benzene rings is 2. The molecular weight excluding hydrogens is 490 g/mol. The van der Waals surface area contributed by atoms with E-state index in [1.54, 1.807) is 42.5 Å². The van der Waals surface area contributed by atoms with Crippen LogP contribution in [0.3, 0.4) is 0 Å². The molecule has 10 heteroatoms. The van der Waals surface area contributed by atoms with Gasteiger partial charge in [-0.3, -0.25) is 19.8 Å². The Morgan fingerprint density at radius 1 is 1.13 bits per heavy atom. The van der Waals surface area contributed by atoms with E-state index in [4.69, 9.17) is 16.0 Å². The summed E-state index contributed by atoms with van der Waals surface area (Å²) in [7, 11) is 0. The maximum absolute atomic E-state index is 12.7. The molecule has 31 heavy (non-hydrogen) atoms. The van der Waals surface area contributed by atoms with Crippen molar-refractivity contribution in [2.45, 2.75) is 6.54 Å². The molecule has 8 nitrogen and oxygen atoms in total. The van der Waals surface area contributed by atoms with E-state index in [1.807, 2.05) is 0 Å². The van der Waals surface area contributed by atoms with Crippen LogP contribution in [-0.2, 0) is 11.3 Å². The van der Waals surface area contributed by atoms with E-state index in [2.05, 4.69) is 21.2 Å². The van der Waals surface area contributed by atoms with Crippen molar-refractivity contribution in [2.24, 2.45) is 0 Å². The molecule has 2 aromatic carbocycles. The third kappa shape index (κ3) is 4.37. The number of furan rings is 1. The first-order valence-corrected chi connectivity index (χ1v) is 10.1. The van der Waals surface area contributed by atoms with E-state index in [-0.39, 0.29) is 17.9 Å². The Morgan fingerprint density at radius 2 is 1.87 bits per heavy atom. The molecule has 1 aromatic heterocycles. The Hall–Kier alpha value is -3.43. The average molecular weight is 503 g/mol. The van der Waals surface area contributed by atoms with Crippen LogP contribution in [0.2, 0.25) is 5.02 Å². The largest absolute Gasteiger partial charge is 0.457 e. The van der Waals surface area contributed by atoms with Crippen molar-refractivity contribution < 1.29 is 18.9 Å². The monoisotopic (exact) mass is 501 g/mol. The second-order valence-electron chi connectivity index (χ2n) is 6.63. The number of nitrogens with zero attached hydrogens (tertiary/aromatic N) is 2. The Balaban J connectivity index is 1.54. The summed E-state index contributed by atoms with van der Waals surface area (Å²) in [6, 6.07) is 13.9. The number of rotatable bonds is 5. The van der Waals surface area contributed by atoms with Crippen LogP contribution in [0.5, 0.6) is 0 Å². The maximum Gasteiger partial charge on any atom is 0.329 e. The first kappa shape index (κ1) is 20.8. The average Bonchev–Trinajstić information content (AvgIpc) is 3.29. The molecule has 156 valence electrons. The predicted octanol–water partition coefficient (Wildman–Crippen LogP) is 5.36. The van der Waals surface area contributed by atoms with Gasteiger partial charge in [0, 0.05) is 33.3 Å². The second kappa shape index (κ2) is 8.37. The number of urea groups is 1. The van der Waals surface area contributed by atoms with E-state index in [1.165, 1.54) is 18.2 Å². The van der Waals surface area contributed by atoms with Gasteiger partial charge in [-0.05, 0) is 51.8 Å². The van der Waals surface area contributed by atoms with E-state index in [0.717, 1.165) is 10.5 Å². The summed E-state index contributed by atoms with van der Waals surface area (Å²) in [5.41, 5.74) is 1.41. The first-order chi connectivity index (χ1) is 14.8. The quantitative estimate of drug-likeness (QED) is 0.219. The van der Waals surface area contributed by atoms with Crippen LogP contribution in [0.4, 0.5) is 10.5 Å². The molecule has 0 spiro atoms. The van der Waals surface area contributed by atoms with E-state index in [0.29, 0.717) is 26.6 Å². The smallest absolute Gasteiger partial charge is 0.329 e. The summed E-state index contributed by atoms with van der Waals surface area (Å²) in [5.74, 6) is 0.315. The number of nitro groups is 1. The van der Waals surface area contributed by atoms with Gasteiger partial charge in [-0.1, -0.05) is 23.7 Å². The molecule has 1 fully saturated rings. The number of imide groups is 1. The van der Waals surface area contributed by atoms with Gasteiger partial charge in [0.25, 0.3) is 11.6 Å². The number of amides is 3. The molecule has 0 aliphatic carbocycles. The summed E-state index contributed by atoms with van der Waals surface area (Å²) < 4.78 is 6.25. The van der Waals surface area contributed by atoms with Crippen molar-refractivity contribution in [1.82, 2.24) is 10.2 Å². The molecule has 0 saturated carbocycles. The van der Waals surface area contributed by atoms with Crippen LogP contribution in [0, 0.1) is 10.1 Å². The normalized spacial score (nSPS) is 14.9. The van der Waals surface area contributed by atoms with Gasteiger partial charge in [0.05, 0.1) is 11.5 Å². The van der Waals surface area contributed by atoms with E-state index < -0.39 is 16.9 Å². The maximum atomic E-state index is 12.7. The molecule has 3 amide bonds. The molecule has 1 aliphatic heterocycles. The van der Waals surface area contributed by atoms with Crippen molar-refractivity contribution in [3.63, 3.8) is 0 Å². The lowest BCUT2D eigenvalue weighted by molar-refractivity contribution is -0.384. The Kier molecular flexibility index (Phi) is 5.62. The van der Waals surface area contributed by atoms with E-state index >= 15 is 0 Å². The molecule has 0 bridgehead atoms. The molecule has 1 aliphatic rings. The summed E-state index contributed by atoms with van der Waals surface area (Å²) in [6.07, 6.45) is 1.44. The van der Waals surface area contributed by atoms with Crippen LogP contribution in [0.1, 0.15) is 11.3 Å². The zero-order valence-corrected chi connectivity index (χ0v) is 18.0. The Morgan fingerprint density at radius 3 is 2.55 bits per heavy atom. The molecule has 2 heterocycles. The zero-order chi connectivity index (χ0) is 22.1. The molecule has 1 saturated heterocycles. The minimum absolute atomic E-state index is 0.0513. The van der Waals surface area contributed by atoms with Gasteiger partial charge in [0.15, 0.2) is 0 Å². The number of carbonyl (C=O) groups excluding carboxylic acids is 2. The fourth-order valence-electron chi connectivity index (χ4n) is 3.02. The van der Waals surface area contributed by atoms with Gasteiger partial charge >= 0.3 is 6.03 Å². The minimum atomic E-state index is -0.531. The Labute approximate surface area is 189 Å². The summed E-state index contributed by atoms with van der Waals surface area (Å²) in [6.45, 7) is 0.109. The topological polar surface area (TPSA) is 106 Å². The van der Waals surface area contributed by atoms with Gasteiger partial charge in [-0.25, -0.2) is 4.79 Å².